The van der Waals surface area contributed by atoms with E-state index in [1.165, 1.54) is 12.8 Å². The maximum absolute atomic E-state index is 12.0. The molecule has 0 bridgehead atoms. The van der Waals surface area contributed by atoms with E-state index in [2.05, 4.69) is 22.1 Å². The highest BCUT2D eigenvalue weighted by atomic mass is 35.5. The molecule has 0 atom stereocenters. The molecule has 1 aliphatic rings. The van der Waals surface area contributed by atoms with E-state index in [0.717, 1.165) is 24.8 Å². The van der Waals surface area contributed by atoms with Crippen LogP contribution in [0.3, 0.4) is 0 Å². The van der Waals surface area contributed by atoms with E-state index in [9.17, 15) is 4.79 Å². The minimum Gasteiger partial charge on any atom is -0.482 e. The number of nitrogens with one attached hydrogen (secondary N) is 1. The Morgan fingerprint density at radius 1 is 1.28 bits per heavy atom. The number of pyridine rings is 1. The molecule has 2 aromatic rings. The molecule has 6 heteroatoms. The Hall–Kier alpha value is -2.27. The van der Waals surface area contributed by atoms with E-state index < -0.39 is 0 Å². The molecule has 0 radical (unpaired) electrons. The maximum atomic E-state index is 12.0. The van der Waals surface area contributed by atoms with Gasteiger partial charge in [-0.3, -0.25) is 4.79 Å². The van der Waals surface area contributed by atoms with Crippen molar-refractivity contribution in [2.45, 2.75) is 19.8 Å². The lowest BCUT2D eigenvalue weighted by Gasteiger charge is -2.31. The molecule has 1 aromatic heterocycles. The molecule has 0 aliphatic carbocycles. The summed E-state index contributed by atoms with van der Waals surface area (Å²) in [4.78, 5) is 18.7. The third-order valence-corrected chi connectivity index (χ3v) is 4.65. The Morgan fingerprint density at radius 3 is 2.72 bits per heavy atom. The van der Waals surface area contributed by atoms with Gasteiger partial charge in [-0.15, -0.1) is 0 Å². The molecule has 0 saturated carbocycles. The van der Waals surface area contributed by atoms with Gasteiger partial charge in [-0.25, -0.2) is 4.98 Å². The van der Waals surface area contributed by atoms with Crippen molar-refractivity contribution in [3.63, 3.8) is 0 Å². The monoisotopic (exact) mass is 359 g/mol. The molecule has 1 N–H and O–H groups in total. The average Bonchev–Trinajstić information content (AvgIpc) is 2.62. The number of hydrogen-bond acceptors (Lipinski definition) is 4. The van der Waals surface area contributed by atoms with Gasteiger partial charge >= 0.3 is 0 Å². The van der Waals surface area contributed by atoms with Crippen LogP contribution < -0.4 is 15.0 Å². The lowest BCUT2D eigenvalue weighted by Crippen LogP contribution is -2.33. The third-order valence-electron chi connectivity index (χ3n) is 4.33. The van der Waals surface area contributed by atoms with E-state index in [1.807, 2.05) is 24.3 Å². The standard InChI is InChI=1S/C19H22ClN3O2/c1-14-8-10-23(11-9-14)18-7-6-15(12-21-18)22-19(24)13-25-17-5-3-2-4-16(17)20/h2-7,12,14H,8-11,13H2,1H3,(H,22,24). The number of hydrogen-bond donors (Lipinski definition) is 1. The largest absolute Gasteiger partial charge is 0.482 e. The molecule has 1 aliphatic heterocycles. The average molecular weight is 360 g/mol. The second-order valence-corrected chi connectivity index (χ2v) is 6.75. The van der Waals surface area contributed by atoms with Gasteiger partial charge in [-0.2, -0.15) is 0 Å². The van der Waals surface area contributed by atoms with Crippen molar-refractivity contribution in [1.82, 2.24) is 4.98 Å². The van der Waals surface area contributed by atoms with Crippen molar-refractivity contribution < 1.29 is 9.53 Å². The maximum Gasteiger partial charge on any atom is 0.262 e. The first-order valence-corrected chi connectivity index (χ1v) is 8.88. The summed E-state index contributed by atoms with van der Waals surface area (Å²) in [6.07, 6.45) is 4.07. The third kappa shape index (κ3) is 4.86. The zero-order valence-corrected chi connectivity index (χ0v) is 15.0. The molecule has 1 saturated heterocycles. The zero-order valence-electron chi connectivity index (χ0n) is 14.2. The first-order chi connectivity index (χ1) is 12.1. The molecule has 1 aromatic carbocycles. The van der Waals surface area contributed by atoms with Gasteiger partial charge in [-0.1, -0.05) is 30.7 Å². The molecular formula is C19H22ClN3O2. The normalized spacial score (nSPS) is 15.0. The zero-order chi connectivity index (χ0) is 17.6. The Morgan fingerprint density at radius 2 is 2.04 bits per heavy atom. The Balaban J connectivity index is 1.51. The highest BCUT2D eigenvalue weighted by Crippen LogP contribution is 2.23. The minimum absolute atomic E-state index is 0.102. The molecular weight excluding hydrogens is 338 g/mol. The number of nitrogens with zero attached hydrogens (tertiary/aromatic N) is 2. The van der Waals surface area contributed by atoms with Gasteiger partial charge in [0.25, 0.3) is 5.91 Å². The fourth-order valence-corrected chi connectivity index (χ4v) is 2.98. The van der Waals surface area contributed by atoms with Gasteiger partial charge in [0, 0.05) is 13.1 Å². The molecule has 0 spiro atoms. The van der Waals surface area contributed by atoms with E-state index in [1.54, 1.807) is 18.3 Å². The van der Waals surface area contributed by atoms with Gasteiger partial charge < -0.3 is 15.0 Å². The van der Waals surface area contributed by atoms with Crippen molar-refractivity contribution in [1.29, 1.82) is 0 Å². The van der Waals surface area contributed by atoms with Gasteiger partial charge in [-0.05, 0) is 43.0 Å². The van der Waals surface area contributed by atoms with E-state index in [4.69, 9.17) is 16.3 Å². The fourth-order valence-electron chi connectivity index (χ4n) is 2.79. The highest BCUT2D eigenvalue weighted by molar-refractivity contribution is 6.32. The number of carbonyl (C=O) groups excluding carboxylic acids is 1. The van der Waals surface area contributed by atoms with Crippen molar-refractivity contribution in [3.05, 3.63) is 47.6 Å². The molecule has 2 heterocycles. The number of rotatable bonds is 5. The fraction of sp³-hybridized carbons (Fsp3) is 0.368. The number of para-hydroxylation sites is 1. The number of piperidine rings is 1. The van der Waals surface area contributed by atoms with Crippen molar-refractivity contribution in [3.8, 4) is 5.75 Å². The second-order valence-electron chi connectivity index (χ2n) is 6.34. The predicted molar refractivity (Wildman–Crippen MR) is 100 cm³/mol. The van der Waals surface area contributed by atoms with Crippen molar-refractivity contribution in [2.75, 3.05) is 29.9 Å². The van der Waals surface area contributed by atoms with Crippen molar-refractivity contribution >= 4 is 29.0 Å². The lowest BCUT2D eigenvalue weighted by atomic mass is 9.99. The molecule has 25 heavy (non-hydrogen) atoms. The Kier molecular flexibility index (Phi) is 5.76. The minimum atomic E-state index is -0.249. The Bertz CT molecular complexity index is 713. The summed E-state index contributed by atoms with van der Waals surface area (Å²) in [5, 5.41) is 3.26. The summed E-state index contributed by atoms with van der Waals surface area (Å²) in [5.74, 6) is 1.98. The molecule has 132 valence electrons. The quantitative estimate of drug-likeness (QED) is 0.877. The topological polar surface area (TPSA) is 54.5 Å². The molecule has 3 rings (SSSR count). The van der Waals surface area contributed by atoms with E-state index in [-0.39, 0.29) is 12.5 Å². The number of carbonyl (C=O) groups is 1. The summed E-state index contributed by atoms with van der Waals surface area (Å²) in [6, 6.07) is 10.9. The van der Waals surface area contributed by atoms with Gasteiger partial charge in [0.1, 0.15) is 11.6 Å². The highest BCUT2D eigenvalue weighted by Gasteiger charge is 2.16. The van der Waals surface area contributed by atoms with Crippen molar-refractivity contribution in [2.24, 2.45) is 5.92 Å². The molecule has 1 fully saturated rings. The smallest absolute Gasteiger partial charge is 0.262 e. The van der Waals surface area contributed by atoms with Crippen LogP contribution in [-0.2, 0) is 4.79 Å². The Labute approximate surface area is 153 Å². The summed E-state index contributed by atoms with van der Waals surface area (Å²) >= 11 is 6.00. The van der Waals surface area contributed by atoms with Crippen LogP contribution in [0.15, 0.2) is 42.6 Å². The summed E-state index contributed by atoms with van der Waals surface area (Å²) in [6.45, 7) is 4.25. The van der Waals surface area contributed by atoms with Crippen LogP contribution in [-0.4, -0.2) is 30.6 Å². The van der Waals surface area contributed by atoms with Crippen LogP contribution in [0.25, 0.3) is 0 Å². The van der Waals surface area contributed by atoms with Gasteiger partial charge in [0.05, 0.1) is 16.9 Å². The summed E-state index contributed by atoms with van der Waals surface area (Å²) in [7, 11) is 0. The number of anilines is 2. The predicted octanol–water partition coefficient (Wildman–Crippen LogP) is 3.99. The van der Waals surface area contributed by atoms with Crippen LogP contribution in [0.2, 0.25) is 5.02 Å². The van der Waals surface area contributed by atoms with E-state index >= 15 is 0 Å². The van der Waals surface area contributed by atoms with Crippen LogP contribution in [0.5, 0.6) is 5.75 Å². The molecule has 0 unspecified atom stereocenters. The lowest BCUT2D eigenvalue weighted by molar-refractivity contribution is -0.118. The SMILES string of the molecule is CC1CCN(c2ccc(NC(=O)COc3ccccc3Cl)cn2)CC1. The van der Waals surface area contributed by atoms with E-state index in [0.29, 0.717) is 16.5 Å². The van der Waals surface area contributed by atoms with Gasteiger partial charge in [0.2, 0.25) is 0 Å². The number of amides is 1. The summed E-state index contributed by atoms with van der Waals surface area (Å²) in [5.41, 5.74) is 0.655. The first kappa shape index (κ1) is 17.5. The van der Waals surface area contributed by atoms with Crippen LogP contribution in [0.4, 0.5) is 11.5 Å². The number of ether oxygens (including phenoxy) is 1. The van der Waals surface area contributed by atoms with Gasteiger partial charge in [0.15, 0.2) is 6.61 Å². The number of benzene rings is 1. The first-order valence-electron chi connectivity index (χ1n) is 8.50. The van der Waals surface area contributed by atoms with Crippen LogP contribution in [0.1, 0.15) is 19.8 Å². The second kappa shape index (κ2) is 8.21. The number of aromatic nitrogens is 1. The molecule has 1 amide bonds. The molecule has 5 nitrogen and oxygen atoms in total. The number of halogens is 1. The van der Waals surface area contributed by atoms with Crippen LogP contribution in [0, 0.1) is 5.92 Å². The van der Waals surface area contributed by atoms with Crippen LogP contribution >= 0.6 is 11.6 Å². The summed E-state index contributed by atoms with van der Waals surface area (Å²) < 4.78 is 5.43.